The van der Waals surface area contributed by atoms with Crippen molar-refractivity contribution in [1.29, 1.82) is 0 Å². The van der Waals surface area contributed by atoms with Crippen LogP contribution in [-0.4, -0.2) is 47.6 Å². The van der Waals surface area contributed by atoms with Crippen molar-refractivity contribution in [3.05, 3.63) is 18.0 Å². The molecule has 6 nitrogen and oxygen atoms in total. The third-order valence-electron chi connectivity index (χ3n) is 3.46. The van der Waals surface area contributed by atoms with Crippen molar-refractivity contribution < 1.29 is 13.2 Å². The number of aryl methyl sites for hydroxylation is 1. The van der Waals surface area contributed by atoms with Crippen LogP contribution in [0.3, 0.4) is 0 Å². The van der Waals surface area contributed by atoms with E-state index in [1.807, 2.05) is 6.92 Å². The molecule has 20 heavy (non-hydrogen) atoms. The molecule has 1 aromatic rings. The van der Waals surface area contributed by atoms with Crippen molar-refractivity contribution in [3.63, 3.8) is 0 Å². The Kier molecular flexibility index (Phi) is 4.93. The van der Waals surface area contributed by atoms with Gasteiger partial charge in [-0.3, -0.25) is 0 Å². The van der Waals surface area contributed by atoms with E-state index in [1.54, 1.807) is 19.3 Å². The molecule has 1 aromatic heterocycles. The smallest absolute Gasteiger partial charge is 0.316 e. The molecule has 0 amide bonds. The number of nitrogens with zero attached hydrogens (tertiary/aromatic N) is 3. The van der Waals surface area contributed by atoms with E-state index in [1.165, 1.54) is 4.31 Å². The van der Waals surface area contributed by atoms with Crippen LogP contribution in [0, 0.1) is 0 Å². The topological polar surface area (TPSA) is 72.4 Å². The molecular weight excluding hydrogens is 278 g/mol. The summed E-state index contributed by atoms with van der Waals surface area (Å²) in [7, 11) is -3.14. The van der Waals surface area contributed by atoms with E-state index in [0.29, 0.717) is 19.1 Å². The van der Waals surface area contributed by atoms with Gasteiger partial charge in [0.2, 0.25) is 10.0 Å². The molecule has 1 saturated heterocycles. The highest BCUT2D eigenvalue weighted by molar-refractivity contribution is 7.89. The summed E-state index contributed by atoms with van der Waals surface area (Å²) >= 11 is 0. The van der Waals surface area contributed by atoms with Crippen LogP contribution in [0.2, 0.25) is 0 Å². The second kappa shape index (κ2) is 6.49. The number of hydrogen-bond donors (Lipinski definition) is 0. The quantitative estimate of drug-likeness (QED) is 0.817. The highest BCUT2D eigenvalue weighted by atomic mass is 32.2. The summed E-state index contributed by atoms with van der Waals surface area (Å²) in [4.78, 5) is 8.30. The van der Waals surface area contributed by atoms with Gasteiger partial charge in [-0.1, -0.05) is 6.92 Å². The molecule has 0 bridgehead atoms. The summed E-state index contributed by atoms with van der Waals surface area (Å²) in [6, 6.07) is 0.322. The van der Waals surface area contributed by atoms with Gasteiger partial charge >= 0.3 is 6.01 Å². The molecule has 1 aliphatic heterocycles. The lowest BCUT2D eigenvalue weighted by molar-refractivity contribution is 0.119. The third-order valence-corrected chi connectivity index (χ3v) is 5.31. The molecule has 112 valence electrons. The molecular formula is C13H21N3O3S. The minimum Gasteiger partial charge on any atom is -0.459 e. The largest absolute Gasteiger partial charge is 0.459 e. The van der Waals surface area contributed by atoms with Crippen LogP contribution in [0.1, 0.15) is 32.3 Å². The number of sulfonamides is 1. The van der Waals surface area contributed by atoms with Crippen LogP contribution in [0.5, 0.6) is 6.01 Å². The number of ether oxygens (including phenoxy) is 1. The van der Waals surface area contributed by atoms with Crippen molar-refractivity contribution in [2.45, 2.75) is 39.2 Å². The van der Waals surface area contributed by atoms with E-state index >= 15 is 0 Å². The summed E-state index contributed by atoms with van der Waals surface area (Å²) in [6.07, 6.45) is 5.83. The zero-order valence-corrected chi connectivity index (χ0v) is 12.8. The number of aromatic nitrogens is 2. The normalized spacial score (nSPS) is 20.8. The maximum absolute atomic E-state index is 11.9. The Morgan fingerprint density at radius 1 is 1.35 bits per heavy atom. The SMILES string of the molecule is CCc1cnc(OC2CCCN(S(=O)(=O)CC)C2)nc1. The van der Waals surface area contributed by atoms with Gasteiger partial charge in [0, 0.05) is 18.9 Å². The molecule has 2 rings (SSSR count). The molecule has 0 aliphatic carbocycles. The summed E-state index contributed by atoms with van der Waals surface area (Å²) in [6.45, 7) is 4.65. The van der Waals surface area contributed by atoms with E-state index in [-0.39, 0.29) is 11.9 Å². The van der Waals surface area contributed by atoms with Gasteiger partial charge in [-0.2, -0.15) is 4.31 Å². The van der Waals surface area contributed by atoms with Gasteiger partial charge in [0.15, 0.2) is 0 Å². The summed E-state index contributed by atoms with van der Waals surface area (Å²) in [5.74, 6) is 0.126. The summed E-state index contributed by atoms with van der Waals surface area (Å²) < 4.78 is 30.9. The van der Waals surface area contributed by atoms with E-state index in [4.69, 9.17) is 4.74 Å². The van der Waals surface area contributed by atoms with E-state index in [2.05, 4.69) is 9.97 Å². The van der Waals surface area contributed by atoms with Crippen LogP contribution < -0.4 is 4.74 Å². The molecule has 0 saturated carbocycles. The van der Waals surface area contributed by atoms with Crippen LogP contribution >= 0.6 is 0 Å². The average molecular weight is 299 g/mol. The lowest BCUT2D eigenvalue weighted by Crippen LogP contribution is -2.45. The predicted octanol–water partition coefficient (Wildman–Crippen LogP) is 1.23. The monoisotopic (exact) mass is 299 g/mol. The maximum atomic E-state index is 11.9. The summed E-state index contributed by atoms with van der Waals surface area (Å²) in [5.41, 5.74) is 1.05. The highest BCUT2D eigenvalue weighted by Crippen LogP contribution is 2.18. The zero-order chi connectivity index (χ0) is 14.6. The van der Waals surface area contributed by atoms with Crippen molar-refractivity contribution in [3.8, 4) is 6.01 Å². The Bertz CT molecular complexity index is 530. The van der Waals surface area contributed by atoms with Gasteiger partial charge in [-0.25, -0.2) is 18.4 Å². The van der Waals surface area contributed by atoms with Crippen LogP contribution in [0.15, 0.2) is 12.4 Å². The Hall–Kier alpha value is -1.21. The first-order chi connectivity index (χ1) is 9.55. The van der Waals surface area contributed by atoms with Crippen LogP contribution in [0.4, 0.5) is 0 Å². The van der Waals surface area contributed by atoms with Gasteiger partial charge in [-0.05, 0) is 31.7 Å². The van der Waals surface area contributed by atoms with Gasteiger partial charge in [0.1, 0.15) is 6.10 Å². The lowest BCUT2D eigenvalue weighted by atomic mass is 10.1. The van der Waals surface area contributed by atoms with Gasteiger partial charge in [0.05, 0.1) is 12.3 Å². The molecule has 1 unspecified atom stereocenters. The molecule has 0 radical (unpaired) electrons. The Balaban J connectivity index is 1.99. The van der Waals surface area contributed by atoms with Gasteiger partial charge < -0.3 is 4.74 Å². The lowest BCUT2D eigenvalue weighted by Gasteiger charge is -2.31. The van der Waals surface area contributed by atoms with Crippen LogP contribution in [-0.2, 0) is 16.4 Å². The summed E-state index contributed by atoms with van der Waals surface area (Å²) in [5, 5.41) is 0. The molecule has 7 heteroatoms. The first-order valence-corrected chi connectivity index (χ1v) is 8.61. The molecule has 1 atom stereocenters. The van der Waals surface area contributed by atoms with Gasteiger partial charge in [0.25, 0.3) is 0 Å². The molecule has 0 N–H and O–H groups in total. The Labute approximate surface area is 120 Å². The second-order valence-corrected chi connectivity index (χ2v) is 7.13. The molecule has 0 aromatic carbocycles. The third kappa shape index (κ3) is 3.67. The Morgan fingerprint density at radius 3 is 2.65 bits per heavy atom. The van der Waals surface area contributed by atoms with Gasteiger partial charge in [-0.15, -0.1) is 0 Å². The minimum atomic E-state index is -3.14. The number of rotatable bonds is 5. The first kappa shape index (κ1) is 15.2. The molecule has 1 fully saturated rings. The molecule has 1 aliphatic rings. The van der Waals surface area contributed by atoms with E-state index < -0.39 is 10.0 Å². The molecule has 0 spiro atoms. The average Bonchev–Trinajstić information content (AvgIpc) is 2.48. The van der Waals surface area contributed by atoms with Crippen LogP contribution in [0.25, 0.3) is 0 Å². The fourth-order valence-corrected chi connectivity index (χ4v) is 3.34. The van der Waals surface area contributed by atoms with Crippen molar-refractivity contribution in [2.75, 3.05) is 18.8 Å². The fraction of sp³-hybridized carbons (Fsp3) is 0.692. The molecule has 2 heterocycles. The highest BCUT2D eigenvalue weighted by Gasteiger charge is 2.29. The minimum absolute atomic E-state index is 0.126. The van der Waals surface area contributed by atoms with Crippen molar-refractivity contribution in [1.82, 2.24) is 14.3 Å². The number of piperidine rings is 1. The van der Waals surface area contributed by atoms with E-state index in [9.17, 15) is 8.42 Å². The second-order valence-electron chi connectivity index (χ2n) is 4.87. The van der Waals surface area contributed by atoms with Crippen molar-refractivity contribution in [2.24, 2.45) is 0 Å². The predicted molar refractivity (Wildman–Crippen MR) is 76.1 cm³/mol. The standard InChI is InChI=1S/C13H21N3O3S/c1-3-11-8-14-13(15-9-11)19-12-6-5-7-16(10-12)20(17,18)4-2/h8-9,12H,3-7,10H2,1-2H3. The maximum Gasteiger partial charge on any atom is 0.316 e. The van der Waals surface area contributed by atoms with Crippen molar-refractivity contribution >= 4 is 10.0 Å². The Morgan fingerprint density at radius 2 is 2.05 bits per heavy atom. The van der Waals surface area contributed by atoms with E-state index in [0.717, 1.165) is 24.8 Å². The zero-order valence-electron chi connectivity index (χ0n) is 11.9. The number of hydrogen-bond acceptors (Lipinski definition) is 5. The fourth-order valence-electron chi connectivity index (χ4n) is 2.17. The first-order valence-electron chi connectivity index (χ1n) is 7.00.